The van der Waals surface area contributed by atoms with E-state index in [0.717, 1.165) is 37.7 Å². The highest BCUT2D eigenvalue weighted by Crippen LogP contribution is 2.36. The fourth-order valence-corrected chi connectivity index (χ4v) is 4.88. The molecular weight excluding hydrogens is 502 g/mol. The lowest BCUT2D eigenvalue weighted by molar-refractivity contribution is -0.384. The standard InChI is InChI=1S/C29H31N3O7/c1-3-8-21-15-20(16-24-27(33)30-29(35)31(28(24)34)22-9-6-5-7-10-22)17-25(38-4-2)26(21)39-18-19-11-13-23(14-12-19)32(36)37/h3,11-17,22H,1,4-10,18H2,2H3,(H,30,33,35). The summed E-state index contributed by atoms with van der Waals surface area (Å²) in [6.45, 7) is 6.12. The molecule has 1 N–H and O–H groups in total. The third kappa shape index (κ3) is 6.34. The highest BCUT2D eigenvalue weighted by atomic mass is 16.6. The molecule has 204 valence electrons. The number of carbonyl (C=O) groups is 3. The second-order valence-corrected chi connectivity index (χ2v) is 9.43. The molecule has 0 unspecified atom stereocenters. The van der Waals surface area contributed by atoms with Crippen molar-refractivity contribution in [1.82, 2.24) is 10.2 Å². The van der Waals surface area contributed by atoms with Crippen molar-refractivity contribution in [2.45, 2.75) is 58.1 Å². The lowest BCUT2D eigenvalue weighted by Crippen LogP contribution is -2.58. The number of nitrogens with one attached hydrogen (secondary N) is 1. The Bertz CT molecular complexity index is 1310. The van der Waals surface area contributed by atoms with Crippen molar-refractivity contribution < 1.29 is 28.8 Å². The van der Waals surface area contributed by atoms with Crippen molar-refractivity contribution in [1.29, 1.82) is 0 Å². The van der Waals surface area contributed by atoms with Crippen molar-refractivity contribution in [3.8, 4) is 11.5 Å². The van der Waals surface area contributed by atoms with Gasteiger partial charge in [0.05, 0.1) is 11.5 Å². The summed E-state index contributed by atoms with van der Waals surface area (Å²) >= 11 is 0. The molecule has 10 nitrogen and oxygen atoms in total. The minimum atomic E-state index is -0.737. The van der Waals surface area contributed by atoms with Crippen LogP contribution < -0.4 is 14.8 Å². The fourth-order valence-electron chi connectivity index (χ4n) is 4.88. The maximum absolute atomic E-state index is 13.3. The van der Waals surface area contributed by atoms with Gasteiger partial charge in [-0.25, -0.2) is 4.79 Å². The van der Waals surface area contributed by atoms with Crippen LogP contribution in [-0.4, -0.2) is 40.3 Å². The minimum absolute atomic E-state index is 0.0106. The number of urea groups is 1. The number of ether oxygens (including phenoxy) is 2. The lowest BCUT2D eigenvalue weighted by atomic mass is 9.93. The Balaban J connectivity index is 1.65. The van der Waals surface area contributed by atoms with E-state index >= 15 is 0 Å². The number of benzene rings is 2. The summed E-state index contributed by atoms with van der Waals surface area (Å²) in [5, 5.41) is 13.2. The third-order valence-corrected chi connectivity index (χ3v) is 6.73. The van der Waals surface area contributed by atoms with Gasteiger partial charge in [0.1, 0.15) is 12.2 Å². The normalized spacial score (nSPS) is 17.2. The quantitative estimate of drug-likeness (QED) is 0.148. The highest BCUT2D eigenvalue weighted by Gasteiger charge is 2.40. The average molecular weight is 534 g/mol. The van der Waals surface area contributed by atoms with Gasteiger partial charge in [0, 0.05) is 23.7 Å². The Kier molecular flexibility index (Phi) is 8.75. The van der Waals surface area contributed by atoms with Crippen LogP contribution in [-0.2, 0) is 22.6 Å². The van der Waals surface area contributed by atoms with Gasteiger partial charge in [-0.05, 0) is 67.7 Å². The maximum Gasteiger partial charge on any atom is 0.331 e. The monoisotopic (exact) mass is 533 g/mol. The summed E-state index contributed by atoms with van der Waals surface area (Å²) in [4.78, 5) is 50.2. The van der Waals surface area contributed by atoms with E-state index in [-0.39, 0.29) is 23.9 Å². The minimum Gasteiger partial charge on any atom is -0.490 e. The van der Waals surface area contributed by atoms with Crippen LogP contribution in [0.5, 0.6) is 11.5 Å². The second-order valence-electron chi connectivity index (χ2n) is 9.43. The Morgan fingerprint density at radius 2 is 1.82 bits per heavy atom. The summed E-state index contributed by atoms with van der Waals surface area (Å²) < 4.78 is 11.9. The van der Waals surface area contributed by atoms with Crippen molar-refractivity contribution in [2.75, 3.05) is 6.61 Å². The molecule has 1 aliphatic carbocycles. The first kappa shape index (κ1) is 27.6. The molecule has 0 atom stereocenters. The highest BCUT2D eigenvalue weighted by molar-refractivity contribution is 6.31. The van der Waals surface area contributed by atoms with E-state index in [2.05, 4.69) is 11.9 Å². The van der Waals surface area contributed by atoms with Gasteiger partial charge in [-0.15, -0.1) is 6.58 Å². The number of nitro groups is 1. The van der Waals surface area contributed by atoms with Crippen LogP contribution in [0.15, 0.2) is 54.6 Å². The number of imide groups is 2. The van der Waals surface area contributed by atoms with Crippen LogP contribution in [0.25, 0.3) is 6.08 Å². The van der Waals surface area contributed by atoms with Gasteiger partial charge >= 0.3 is 6.03 Å². The summed E-state index contributed by atoms with van der Waals surface area (Å²) in [5.74, 6) is -0.457. The summed E-state index contributed by atoms with van der Waals surface area (Å²) in [5.41, 5.74) is 1.86. The Morgan fingerprint density at radius 3 is 2.46 bits per heavy atom. The first-order chi connectivity index (χ1) is 18.8. The van der Waals surface area contributed by atoms with E-state index in [1.165, 1.54) is 23.1 Å². The molecule has 4 rings (SSSR count). The van der Waals surface area contributed by atoms with E-state index < -0.39 is 22.8 Å². The van der Waals surface area contributed by atoms with Gasteiger partial charge in [-0.3, -0.25) is 29.9 Å². The number of hydrogen-bond acceptors (Lipinski definition) is 7. The van der Waals surface area contributed by atoms with Crippen LogP contribution in [0.1, 0.15) is 55.7 Å². The number of nitro benzene ring substituents is 1. The topological polar surface area (TPSA) is 128 Å². The SMILES string of the molecule is C=CCc1cc(C=C2C(=O)NC(=O)N(C3CCCCC3)C2=O)cc(OCC)c1OCc1ccc([N+](=O)[O-])cc1. The van der Waals surface area contributed by atoms with Gasteiger partial charge < -0.3 is 9.47 Å². The first-order valence-corrected chi connectivity index (χ1v) is 13.0. The molecule has 1 saturated carbocycles. The lowest BCUT2D eigenvalue weighted by Gasteiger charge is -2.35. The van der Waals surface area contributed by atoms with Gasteiger partial charge in [0.2, 0.25) is 0 Å². The number of amides is 4. The van der Waals surface area contributed by atoms with E-state index in [0.29, 0.717) is 35.7 Å². The van der Waals surface area contributed by atoms with E-state index in [1.54, 1.807) is 30.3 Å². The molecule has 2 aromatic rings. The third-order valence-electron chi connectivity index (χ3n) is 6.73. The molecule has 2 aliphatic rings. The Hall–Kier alpha value is -4.47. The molecule has 1 heterocycles. The number of hydrogen-bond donors (Lipinski definition) is 1. The number of nitrogens with zero attached hydrogens (tertiary/aromatic N) is 2. The molecule has 0 aromatic heterocycles. The summed E-state index contributed by atoms with van der Waals surface area (Å²) in [6.07, 6.45) is 7.94. The molecule has 0 radical (unpaired) electrons. The second kappa shape index (κ2) is 12.4. The van der Waals surface area contributed by atoms with E-state index in [1.807, 2.05) is 6.92 Å². The zero-order valence-electron chi connectivity index (χ0n) is 21.8. The van der Waals surface area contributed by atoms with Gasteiger partial charge in [0.25, 0.3) is 17.5 Å². The molecule has 4 amide bonds. The van der Waals surface area contributed by atoms with Crippen LogP contribution in [0.3, 0.4) is 0 Å². The van der Waals surface area contributed by atoms with Crippen LogP contribution in [0.4, 0.5) is 10.5 Å². The number of carbonyl (C=O) groups excluding carboxylic acids is 3. The first-order valence-electron chi connectivity index (χ1n) is 13.0. The zero-order valence-corrected chi connectivity index (χ0v) is 21.8. The number of non-ortho nitro benzene ring substituents is 1. The number of rotatable bonds is 10. The van der Waals surface area contributed by atoms with Crippen molar-refractivity contribution in [2.24, 2.45) is 0 Å². The molecule has 2 aromatic carbocycles. The van der Waals surface area contributed by atoms with Crippen molar-refractivity contribution in [3.63, 3.8) is 0 Å². The molecule has 39 heavy (non-hydrogen) atoms. The maximum atomic E-state index is 13.3. The van der Waals surface area contributed by atoms with Crippen LogP contribution in [0, 0.1) is 10.1 Å². The van der Waals surface area contributed by atoms with Crippen LogP contribution >= 0.6 is 0 Å². The molecule has 0 spiro atoms. The summed E-state index contributed by atoms with van der Waals surface area (Å²) in [7, 11) is 0. The molecule has 0 bridgehead atoms. The Labute approximate surface area is 226 Å². The van der Waals surface area contributed by atoms with Crippen LogP contribution in [0.2, 0.25) is 0 Å². The largest absolute Gasteiger partial charge is 0.490 e. The predicted octanol–water partition coefficient (Wildman–Crippen LogP) is 5.10. The molecule has 2 fully saturated rings. The van der Waals surface area contributed by atoms with E-state index in [4.69, 9.17) is 9.47 Å². The molecule has 1 saturated heterocycles. The number of barbiturate groups is 1. The predicted molar refractivity (Wildman–Crippen MR) is 144 cm³/mol. The van der Waals surface area contributed by atoms with Gasteiger partial charge in [0.15, 0.2) is 11.5 Å². The van der Waals surface area contributed by atoms with Gasteiger partial charge in [-0.2, -0.15) is 0 Å². The van der Waals surface area contributed by atoms with Crippen molar-refractivity contribution in [3.05, 3.63) is 81.4 Å². The van der Waals surface area contributed by atoms with Crippen molar-refractivity contribution >= 4 is 29.6 Å². The molecule has 10 heteroatoms. The molecule has 1 aliphatic heterocycles. The average Bonchev–Trinajstić information content (AvgIpc) is 2.91. The van der Waals surface area contributed by atoms with E-state index in [9.17, 15) is 24.5 Å². The Morgan fingerprint density at radius 1 is 1.10 bits per heavy atom. The summed E-state index contributed by atoms with van der Waals surface area (Å²) in [6, 6.07) is 8.62. The smallest absolute Gasteiger partial charge is 0.331 e. The van der Waals surface area contributed by atoms with Gasteiger partial charge in [-0.1, -0.05) is 25.3 Å². The molecular formula is C29H31N3O7. The fraction of sp³-hybridized carbons (Fsp3) is 0.345. The zero-order chi connectivity index (χ0) is 27.9. The number of allylic oxidation sites excluding steroid dienone is 1.